The molecule has 3 aromatic rings. The summed E-state index contributed by atoms with van der Waals surface area (Å²) < 4.78 is 5.83. The number of hydrazine groups is 1. The van der Waals surface area contributed by atoms with Crippen molar-refractivity contribution in [3.63, 3.8) is 0 Å². The van der Waals surface area contributed by atoms with E-state index >= 15 is 0 Å². The van der Waals surface area contributed by atoms with E-state index in [2.05, 4.69) is 21.5 Å². The summed E-state index contributed by atoms with van der Waals surface area (Å²) in [6.45, 7) is 4.34. The zero-order chi connectivity index (χ0) is 26.6. The number of carbonyl (C=O) groups excluding carboxylic acids is 3. The van der Waals surface area contributed by atoms with E-state index in [9.17, 15) is 14.4 Å². The highest BCUT2D eigenvalue weighted by Gasteiger charge is 2.14. The van der Waals surface area contributed by atoms with Crippen molar-refractivity contribution in [1.29, 1.82) is 0 Å². The largest absolute Gasteiger partial charge is 0.492 e. The van der Waals surface area contributed by atoms with Gasteiger partial charge < -0.3 is 10.1 Å². The van der Waals surface area contributed by atoms with Crippen LogP contribution in [0.25, 0.3) is 0 Å². The van der Waals surface area contributed by atoms with Crippen LogP contribution in [0.2, 0.25) is 0 Å². The third kappa shape index (κ3) is 9.05. The fourth-order valence-electron chi connectivity index (χ4n) is 3.38. The molecular weight excluding hydrogens is 488 g/mol. The minimum atomic E-state index is -0.469. The number of nitrogens with one attached hydrogen (secondary N) is 4. The molecule has 3 aromatic carbocycles. The van der Waals surface area contributed by atoms with Gasteiger partial charge in [-0.15, -0.1) is 0 Å². The number of anilines is 1. The first kappa shape index (κ1) is 27.3. The van der Waals surface area contributed by atoms with Gasteiger partial charge in [-0.2, -0.15) is 0 Å². The quantitative estimate of drug-likeness (QED) is 0.249. The van der Waals surface area contributed by atoms with Crippen molar-refractivity contribution in [3.8, 4) is 5.75 Å². The van der Waals surface area contributed by atoms with Crippen LogP contribution >= 0.6 is 12.2 Å². The number of benzene rings is 3. The molecule has 0 fully saturated rings. The van der Waals surface area contributed by atoms with Crippen LogP contribution in [0.3, 0.4) is 0 Å². The van der Waals surface area contributed by atoms with Crippen molar-refractivity contribution in [2.75, 3.05) is 11.9 Å². The number of para-hydroxylation sites is 1. The molecule has 0 radical (unpaired) electrons. The average molecular weight is 519 g/mol. The van der Waals surface area contributed by atoms with E-state index in [1.165, 1.54) is 0 Å². The average Bonchev–Trinajstić information content (AvgIpc) is 2.88. The maximum atomic E-state index is 12.8. The Morgan fingerprint density at radius 1 is 0.838 bits per heavy atom. The number of carbonyl (C=O) groups is 3. The minimum absolute atomic E-state index is 0.0741. The smallest absolute Gasteiger partial charge is 0.269 e. The number of thiocarbonyl (C=S) groups is 1. The van der Waals surface area contributed by atoms with Crippen molar-refractivity contribution in [1.82, 2.24) is 16.2 Å². The second-order valence-corrected chi connectivity index (χ2v) is 9.07. The molecule has 0 unspecified atom stereocenters. The Kier molecular flexibility index (Phi) is 10.2. The normalized spacial score (nSPS) is 10.4. The molecule has 9 heteroatoms. The molecule has 192 valence electrons. The first-order valence-electron chi connectivity index (χ1n) is 11.9. The van der Waals surface area contributed by atoms with Crippen molar-refractivity contribution in [3.05, 3.63) is 95.6 Å². The van der Waals surface area contributed by atoms with E-state index in [1.54, 1.807) is 48.5 Å². The molecule has 37 heavy (non-hydrogen) atoms. The summed E-state index contributed by atoms with van der Waals surface area (Å²) in [6.07, 6.45) is 1.12. The molecule has 0 aliphatic rings. The lowest BCUT2D eigenvalue weighted by atomic mass is 10.1. The lowest BCUT2D eigenvalue weighted by Crippen LogP contribution is -2.48. The summed E-state index contributed by atoms with van der Waals surface area (Å²) in [5.74, 6) is -0.326. The Hall–Kier alpha value is -4.24. The zero-order valence-electron chi connectivity index (χ0n) is 20.7. The molecule has 0 heterocycles. The molecule has 0 aromatic heterocycles. The highest BCUT2D eigenvalue weighted by atomic mass is 32.1. The van der Waals surface area contributed by atoms with Gasteiger partial charge in [0.05, 0.1) is 12.2 Å². The summed E-state index contributed by atoms with van der Waals surface area (Å²) in [4.78, 5) is 37.1. The summed E-state index contributed by atoms with van der Waals surface area (Å²) in [7, 11) is 0. The highest BCUT2D eigenvalue weighted by molar-refractivity contribution is 7.80. The van der Waals surface area contributed by atoms with Gasteiger partial charge in [0, 0.05) is 24.1 Å². The molecule has 8 nitrogen and oxygen atoms in total. The van der Waals surface area contributed by atoms with Crippen molar-refractivity contribution >= 4 is 40.7 Å². The third-order valence-corrected chi connectivity index (χ3v) is 5.37. The van der Waals surface area contributed by atoms with Gasteiger partial charge >= 0.3 is 0 Å². The Labute approximate surface area is 221 Å². The van der Waals surface area contributed by atoms with Gasteiger partial charge in [0.1, 0.15) is 5.75 Å². The molecule has 4 N–H and O–H groups in total. The molecular formula is C28H30N4O4S. The Bertz CT molecular complexity index is 1230. The molecule has 3 amide bonds. The Morgan fingerprint density at radius 2 is 1.51 bits per heavy atom. The lowest BCUT2D eigenvalue weighted by Gasteiger charge is -2.14. The van der Waals surface area contributed by atoms with E-state index in [0.717, 1.165) is 5.56 Å². The van der Waals surface area contributed by atoms with Crippen LogP contribution in [0, 0.1) is 5.92 Å². The SMILES string of the molecule is CC(C)CC(=O)Nc1ccc(C(=O)NNC(=S)NC(=O)c2ccccc2OCCc2ccccc2)cc1. The maximum absolute atomic E-state index is 12.8. The second-order valence-electron chi connectivity index (χ2n) is 8.67. The predicted molar refractivity (Wildman–Crippen MR) is 147 cm³/mol. The third-order valence-electron chi connectivity index (χ3n) is 5.16. The van der Waals surface area contributed by atoms with E-state index < -0.39 is 11.8 Å². The monoisotopic (exact) mass is 518 g/mol. The topological polar surface area (TPSA) is 109 Å². The molecule has 0 bridgehead atoms. The summed E-state index contributed by atoms with van der Waals surface area (Å²) >= 11 is 5.15. The second kappa shape index (κ2) is 13.7. The highest BCUT2D eigenvalue weighted by Crippen LogP contribution is 2.18. The predicted octanol–water partition coefficient (Wildman–Crippen LogP) is 4.24. The standard InChI is InChI=1S/C28H30N4O4S/c1-19(2)18-25(33)29-22-14-12-21(13-15-22)26(34)31-32-28(37)30-27(35)23-10-6-7-11-24(23)36-17-16-20-8-4-3-5-9-20/h3-15,19H,16-18H2,1-2H3,(H,29,33)(H,31,34)(H2,30,32,35,37). The molecule has 0 aliphatic carbocycles. The van der Waals surface area contributed by atoms with Gasteiger partial charge in [-0.05, 0) is 60.1 Å². The van der Waals surface area contributed by atoms with Crippen LogP contribution in [-0.4, -0.2) is 29.4 Å². The summed E-state index contributed by atoms with van der Waals surface area (Å²) in [5.41, 5.74) is 7.37. The van der Waals surface area contributed by atoms with Gasteiger partial charge in [0.15, 0.2) is 5.11 Å². The van der Waals surface area contributed by atoms with E-state index in [-0.39, 0.29) is 16.9 Å². The summed E-state index contributed by atoms with van der Waals surface area (Å²) in [5, 5.41) is 5.25. The van der Waals surface area contributed by atoms with E-state index in [4.69, 9.17) is 17.0 Å². The van der Waals surface area contributed by atoms with Crippen LogP contribution < -0.4 is 26.2 Å². The Balaban J connectivity index is 1.47. The molecule has 0 saturated carbocycles. The van der Waals surface area contributed by atoms with Gasteiger partial charge in [-0.25, -0.2) is 0 Å². The first-order chi connectivity index (χ1) is 17.8. The van der Waals surface area contributed by atoms with Gasteiger partial charge in [0.2, 0.25) is 5.91 Å². The van der Waals surface area contributed by atoms with Crippen molar-refractivity contribution in [2.45, 2.75) is 26.7 Å². The zero-order valence-corrected chi connectivity index (χ0v) is 21.6. The van der Waals surface area contributed by atoms with Gasteiger partial charge in [0.25, 0.3) is 11.8 Å². The molecule has 3 rings (SSSR count). The van der Waals surface area contributed by atoms with Gasteiger partial charge in [-0.3, -0.25) is 30.6 Å². The molecule has 0 saturated heterocycles. The first-order valence-corrected chi connectivity index (χ1v) is 12.3. The number of hydrogen-bond acceptors (Lipinski definition) is 5. The maximum Gasteiger partial charge on any atom is 0.269 e. The van der Waals surface area contributed by atoms with Crippen molar-refractivity contribution in [2.24, 2.45) is 5.92 Å². The number of rotatable bonds is 9. The molecule has 0 atom stereocenters. The van der Waals surface area contributed by atoms with Crippen LogP contribution in [0.1, 0.15) is 46.5 Å². The fourth-order valence-corrected chi connectivity index (χ4v) is 3.52. The van der Waals surface area contributed by atoms with Gasteiger partial charge in [-0.1, -0.05) is 56.3 Å². The van der Waals surface area contributed by atoms with Crippen LogP contribution in [0.5, 0.6) is 5.75 Å². The van der Waals surface area contributed by atoms with E-state index in [1.807, 2.05) is 44.2 Å². The number of ether oxygens (including phenoxy) is 1. The van der Waals surface area contributed by atoms with E-state index in [0.29, 0.717) is 42.0 Å². The number of amides is 3. The minimum Gasteiger partial charge on any atom is -0.492 e. The van der Waals surface area contributed by atoms with Crippen LogP contribution in [0.15, 0.2) is 78.9 Å². The molecule has 0 spiro atoms. The van der Waals surface area contributed by atoms with Crippen molar-refractivity contribution < 1.29 is 19.1 Å². The van der Waals surface area contributed by atoms with Crippen LogP contribution in [0.4, 0.5) is 5.69 Å². The number of hydrogen-bond donors (Lipinski definition) is 4. The van der Waals surface area contributed by atoms with Crippen LogP contribution in [-0.2, 0) is 11.2 Å². The molecule has 0 aliphatic heterocycles. The summed E-state index contributed by atoms with van der Waals surface area (Å²) in [6, 6.07) is 23.2. The fraction of sp³-hybridized carbons (Fsp3) is 0.214. The Morgan fingerprint density at radius 3 is 2.22 bits per heavy atom. The lowest BCUT2D eigenvalue weighted by molar-refractivity contribution is -0.116.